The molecule has 0 N–H and O–H groups in total. The molecule has 4 aromatic carbocycles. The molecule has 0 aromatic heterocycles. The summed E-state index contributed by atoms with van der Waals surface area (Å²) in [5, 5.41) is 8.33. The summed E-state index contributed by atoms with van der Waals surface area (Å²) in [4.78, 5) is 0. The maximum Gasteiger partial charge on any atom is 0.161 e. The van der Waals surface area contributed by atoms with Crippen LogP contribution in [-0.4, -0.2) is 26.6 Å². The minimum absolute atomic E-state index is 0.467. The molecule has 6 nitrogen and oxygen atoms in total. The number of hydrogen-bond acceptors (Lipinski definition) is 6. The molecule has 182 valence electrons. The van der Waals surface area contributed by atoms with Crippen LogP contribution in [-0.2, 0) is 13.2 Å². The van der Waals surface area contributed by atoms with Crippen molar-refractivity contribution in [1.82, 2.24) is 0 Å². The molecule has 0 atom stereocenters. The van der Waals surface area contributed by atoms with Gasteiger partial charge in [-0.25, -0.2) is 0 Å². The van der Waals surface area contributed by atoms with Gasteiger partial charge < -0.3 is 18.9 Å². The lowest BCUT2D eigenvalue weighted by atomic mass is 10.2. The summed E-state index contributed by atoms with van der Waals surface area (Å²) < 4.78 is 22.8. The minimum Gasteiger partial charge on any atom is -0.493 e. The normalized spacial score (nSPS) is 11.1. The molecule has 0 unspecified atom stereocenters. The number of hydrogen-bond donors (Lipinski definition) is 0. The second-order valence-corrected chi connectivity index (χ2v) is 7.86. The SMILES string of the molecule is COc1cc(C=N/N=C\c2ccc(OCc3ccccc3)c(OC)c2)ccc1OCc1ccccc1. The molecule has 0 aliphatic carbocycles. The van der Waals surface area contributed by atoms with E-state index in [2.05, 4.69) is 10.2 Å². The van der Waals surface area contributed by atoms with Gasteiger partial charge in [0, 0.05) is 0 Å². The van der Waals surface area contributed by atoms with E-state index in [1.54, 1.807) is 26.6 Å². The molecule has 0 bridgehead atoms. The summed E-state index contributed by atoms with van der Waals surface area (Å²) in [6.07, 6.45) is 3.32. The van der Waals surface area contributed by atoms with E-state index in [1.807, 2.05) is 97.1 Å². The summed E-state index contributed by atoms with van der Waals surface area (Å²) >= 11 is 0. The summed E-state index contributed by atoms with van der Waals surface area (Å²) in [6.45, 7) is 0.933. The monoisotopic (exact) mass is 480 g/mol. The largest absolute Gasteiger partial charge is 0.493 e. The zero-order chi connectivity index (χ0) is 25.0. The molecule has 0 aliphatic heterocycles. The first-order chi connectivity index (χ1) is 17.7. The molecule has 36 heavy (non-hydrogen) atoms. The van der Waals surface area contributed by atoms with Crippen molar-refractivity contribution >= 4 is 12.4 Å². The first-order valence-corrected chi connectivity index (χ1v) is 11.5. The highest BCUT2D eigenvalue weighted by Crippen LogP contribution is 2.29. The Kier molecular flexibility index (Phi) is 8.70. The lowest BCUT2D eigenvalue weighted by molar-refractivity contribution is 0.284. The number of ether oxygens (including phenoxy) is 4. The van der Waals surface area contributed by atoms with E-state index in [1.165, 1.54) is 0 Å². The molecule has 0 saturated heterocycles. The van der Waals surface area contributed by atoms with Gasteiger partial charge in [0.05, 0.1) is 26.6 Å². The summed E-state index contributed by atoms with van der Waals surface area (Å²) in [7, 11) is 3.23. The molecule has 0 fully saturated rings. The maximum absolute atomic E-state index is 5.91. The molecule has 0 spiro atoms. The molecule has 0 radical (unpaired) electrons. The van der Waals surface area contributed by atoms with Crippen LogP contribution in [0, 0.1) is 0 Å². The second kappa shape index (κ2) is 12.8. The Morgan fingerprint density at radius 1 is 0.528 bits per heavy atom. The number of methoxy groups -OCH3 is 2. The third-order valence-electron chi connectivity index (χ3n) is 5.33. The van der Waals surface area contributed by atoms with Gasteiger partial charge >= 0.3 is 0 Å². The summed E-state index contributed by atoms with van der Waals surface area (Å²) in [5.74, 6) is 2.61. The number of nitrogens with zero attached hydrogens (tertiary/aromatic N) is 2. The van der Waals surface area contributed by atoms with Crippen molar-refractivity contribution < 1.29 is 18.9 Å². The molecule has 6 heteroatoms. The Bertz CT molecular complexity index is 1200. The summed E-state index contributed by atoms with van der Waals surface area (Å²) in [5.41, 5.74) is 3.87. The first-order valence-electron chi connectivity index (χ1n) is 11.5. The van der Waals surface area contributed by atoms with Crippen LogP contribution in [0.4, 0.5) is 0 Å². The third-order valence-corrected chi connectivity index (χ3v) is 5.33. The Morgan fingerprint density at radius 2 is 0.944 bits per heavy atom. The van der Waals surface area contributed by atoms with Crippen LogP contribution in [0.5, 0.6) is 23.0 Å². The zero-order valence-electron chi connectivity index (χ0n) is 20.3. The van der Waals surface area contributed by atoms with Gasteiger partial charge in [-0.15, -0.1) is 0 Å². The van der Waals surface area contributed by atoms with Crippen molar-refractivity contribution in [1.29, 1.82) is 0 Å². The lowest BCUT2D eigenvalue weighted by Crippen LogP contribution is -1.98. The van der Waals surface area contributed by atoms with Gasteiger partial charge in [0.2, 0.25) is 0 Å². The first kappa shape index (κ1) is 24.5. The van der Waals surface area contributed by atoms with E-state index in [-0.39, 0.29) is 0 Å². The van der Waals surface area contributed by atoms with E-state index in [4.69, 9.17) is 18.9 Å². The van der Waals surface area contributed by atoms with Gasteiger partial charge in [-0.2, -0.15) is 10.2 Å². The van der Waals surface area contributed by atoms with Crippen molar-refractivity contribution in [3.8, 4) is 23.0 Å². The molecule has 4 aromatic rings. The Hall–Kier alpha value is -4.58. The minimum atomic E-state index is 0.467. The Morgan fingerprint density at radius 3 is 1.33 bits per heavy atom. The second-order valence-electron chi connectivity index (χ2n) is 7.86. The third kappa shape index (κ3) is 6.96. The van der Waals surface area contributed by atoms with Crippen LogP contribution in [0.2, 0.25) is 0 Å². The lowest BCUT2D eigenvalue weighted by Gasteiger charge is -2.11. The highest BCUT2D eigenvalue weighted by atomic mass is 16.5. The average Bonchev–Trinajstić information content (AvgIpc) is 2.94. The molecular weight excluding hydrogens is 452 g/mol. The fourth-order valence-corrected chi connectivity index (χ4v) is 3.44. The highest BCUT2D eigenvalue weighted by Gasteiger charge is 2.07. The Labute approximate surface area is 211 Å². The standard InChI is InChI=1S/C30H28N2O4/c1-33-29-17-25(13-15-27(29)35-21-23-9-5-3-6-10-23)19-31-32-20-26-14-16-28(30(18-26)34-2)36-22-24-11-7-4-8-12-24/h3-20H,21-22H2,1-2H3/b31-19-,32-20?. The van der Waals surface area contributed by atoms with Crippen LogP contribution < -0.4 is 18.9 Å². The van der Waals surface area contributed by atoms with E-state index in [0.29, 0.717) is 36.2 Å². The van der Waals surface area contributed by atoms with E-state index in [0.717, 1.165) is 22.3 Å². The molecule has 0 amide bonds. The van der Waals surface area contributed by atoms with Crippen LogP contribution in [0.25, 0.3) is 0 Å². The Balaban J connectivity index is 1.36. The number of rotatable bonds is 11. The van der Waals surface area contributed by atoms with Gasteiger partial charge in [-0.1, -0.05) is 60.7 Å². The van der Waals surface area contributed by atoms with Crippen molar-refractivity contribution in [3.05, 3.63) is 119 Å². The van der Waals surface area contributed by atoms with E-state index >= 15 is 0 Å². The topological polar surface area (TPSA) is 61.6 Å². The van der Waals surface area contributed by atoms with Crippen molar-refractivity contribution in [2.75, 3.05) is 14.2 Å². The predicted octanol–water partition coefficient (Wildman–Crippen LogP) is 6.31. The van der Waals surface area contributed by atoms with Crippen molar-refractivity contribution in [3.63, 3.8) is 0 Å². The van der Waals surface area contributed by atoms with Gasteiger partial charge in [0.1, 0.15) is 13.2 Å². The molecule has 4 rings (SSSR count). The molecule has 0 saturated carbocycles. The highest BCUT2D eigenvalue weighted by molar-refractivity contribution is 5.84. The zero-order valence-corrected chi connectivity index (χ0v) is 20.3. The summed E-state index contributed by atoms with van der Waals surface area (Å²) in [6, 6.07) is 31.3. The van der Waals surface area contributed by atoms with Crippen molar-refractivity contribution in [2.24, 2.45) is 10.2 Å². The van der Waals surface area contributed by atoms with Gasteiger partial charge in [-0.05, 0) is 58.7 Å². The fourth-order valence-electron chi connectivity index (χ4n) is 3.44. The van der Waals surface area contributed by atoms with E-state index < -0.39 is 0 Å². The molecular formula is C30H28N2O4. The molecule has 0 heterocycles. The van der Waals surface area contributed by atoms with E-state index in [9.17, 15) is 0 Å². The van der Waals surface area contributed by atoms with Crippen LogP contribution in [0.15, 0.2) is 107 Å². The predicted molar refractivity (Wildman–Crippen MR) is 143 cm³/mol. The molecule has 0 aliphatic rings. The van der Waals surface area contributed by atoms with Crippen LogP contribution >= 0.6 is 0 Å². The number of benzene rings is 4. The van der Waals surface area contributed by atoms with Crippen molar-refractivity contribution in [2.45, 2.75) is 13.2 Å². The smallest absolute Gasteiger partial charge is 0.161 e. The van der Waals surface area contributed by atoms with Gasteiger partial charge in [0.15, 0.2) is 23.0 Å². The van der Waals surface area contributed by atoms with Crippen LogP contribution in [0.1, 0.15) is 22.3 Å². The quantitative estimate of drug-likeness (QED) is 0.186. The fraction of sp³-hybridized carbons (Fsp3) is 0.133. The van der Waals surface area contributed by atoms with Gasteiger partial charge in [-0.3, -0.25) is 0 Å². The average molecular weight is 481 g/mol. The van der Waals surface area contributed by atoms with Gasteiger partial charge in [0.25, 0.3) is 0 Å². The maximum atomic E-state index is 5.91. The van der Waals surface area contributed by atoms with Crippen LogP contribution in [0.3, 0.4) is 0 Å².